The van der Waals surface area contributed by atoms with Crippen molar-refractivity contribution in [3.8, 4) is 11.5 Å². The Morgan fingerprint density at radius 1 is 1.29 bits per heavy atom. The minimum Gasteiger partial charge on any atom is -0.486 e. The molecule has 2 aliphatic rings. The molecule has 4 rings (SSSR count). The van der Waals surface area contributed by atoms with Crippen molar-refractivity contribution in [3.05, 3.63) is 46.6 Å². The van der Waals surface area contributed by atoms with E-state index in [0.29, 0.717) is 18.9 Å². The molecule has 0 saturated carbocycles. The van der Waals surface area contributed by atoms with Crippen molar-refractivity contribution >= 4 is 33.6 Å². The number of amides is 1. The van der Waals surface area contributed by atoms with Gasteiger partial charge in [0, 0.05) is 23.8 Å². The van der Waals surface area contributed by atoms with Crippen molar-refractivity contribution in [2.24, 2.45) is 5.92 Å². The molecule has 0 radical (unpaired) electrons. The Balaban J connectivity index is 1.18. The number of benzene rings is 1. The van der Waals surface area contributed by atoms with Crippen molar-refractivity contribution in [1.82, 2.24) is 15.2 Å². The number of aromatic nitrogens is 1. The number of thioether (sulfide) groups is 1. The van der Waals surface area contributed by atoms with Gasteiger partial charge >= 0.3 is 0 Å². The van der Waals surface area contributed by atoms with E-state index in [-0.39, 0.29) is 12.0 Å². The van der Waals surface area contributed by atoms with Crippen LogP contribution in [0.4, 0.5) is 0 Å². The number of hydrogen-bond donors (Lipinski definition) is 1. The quantitative estimate of drug-likeness (QED) is 0.577. The fourth-order valence-electron chi connectivity index (χ4n) is 4.08. The topological polar surface area (TPSA) is 63.7 Å². The fourth-order valence-corrected chi connectivity index (χ4v) is 4.99. The number of piperidine rings is 1. The average molecular weight is 506 g/mol. The van der Waals surface area contributed by atoms with Crippen molar-refractivity contribution in [2.45, 2.75) is 30.4 Å². The number of hydrogen-bond acceptors (Lipinski definition) is 6. The molecule has 1 fully saturated rings. The molecule has 1 aromatic heterocycles. The summed E-state index contributed by atoms with van der Waals surface area (Å²) in [5, 5.41) is 4.05. The molecule has 8 heteroatoms. The second-order valence-corrected chi connectivity index (χ2v) is 9.75. The van der Waals surface area contributed by atoms with Crippen LogP contribution in [0.5, 0.6) is 11.5 Å². The number of nitrogens with one attached hydrogen (secondary N) is 1. The predicted octanol–water partition coefficient (Wildman–Crippen LogP) is 3.78. The van der Waals surface area contributed by atoms with Gasteiger partial charge < -0.3 is 14.8 Å². The van der Waals surface area contributed by atoms with E-state index in [1.165, 1.54) is 0 Å². The van der Waals surface area contributed by atoms with Crippen LogP contribution in [0.25, 0.3) is 0 Å². The molecule has 6 nitrogen and oxygen atoms in total. The zero-order valence-corrected chi connectivity index (χ0v) is 20.1. The summed E-state index contributed by atoms with van der Waals surface area (Å²) >= 11 is 5.06. The highest BCUT2D eigenvalue weighted by atomic mass is 79.9. The predicted molar refractivity (Wildman–Crippen MR) is 126 cm³/mol. The minimum atomic E-state index is 0.0446. The molecule has 0 aliphatic carbocycles. The first-order valence-corrected chi connectivity index (χ1v) is 12.7. The minimum absolute atomic E-state index is 0.0446. The van der Waals surface area contributed by atoms with Gasteiger partial charge in [-0.1, -0.05) is 22.0 Å². The number of rotatable bonds is 7. The third-order valence-electron chi connectivity index (χ3n) is 5.78. The largest absolute Gasteiger partial charge is 0.486 e. The van der Waals surface area contributed by atoms with Gasteiger partial charge in [0.1, 0.15) is 12.7 Å². The first-order valence-electron chi connectivity index (χ1n) is 10.7. The number of carbonyl (C=O) groups is 1. The molecule has 2 aromatic rings. The summed E-state index contributed by atoms with van der Waals surface area (Å²) in [5.74, 6) is 2.21. The van der Waals surface area contributed by atoms with E-state index in [0.717, 1.165) is 65.6 Å². The lowest BCUT2D eigenvalue weighted by Crippen LogP contribution is -2.45. The summed E-state index contributed by atoms with van der Waals surface area (Å²) in [6.45, 7) is 4.22. The molecule has 0 bridgehead atoms. The van der Waals surface area contributed by atoms with Crippen LogP contribution in [0, 0.1) is 5.92 Å². The molecule has 166 valence electrons. The van der Waals surface area contributed by atoms with Gasteiger partial charge in [0.25, 0.3) is 0 Å². The maximum atomic E-state index is 12.4. The number of carbonyl (C=O) groups excluding carboxylic acids is 1. The monoisotopic (exact) mass is 505 g/mol. The van der Waals surface area contributed by atoms with E-state index < -0.39 is 0 Å². The van der Waals surface area contributed by atoms with E-state index in [4.69, 9.17) is 9.47 Å². The normalized spacial score (nSPS) is 19.2. The second-order valence-electron chi connectivity index (χ2n) is 8.04. The third-order valence-corrected chi connectivity index (χ3v) is 7.02. The molecular weight excluding hydrogens is 478 g/mol. The molecule has 1 N–H and O–H groups in total. The summed E-state index contributed by atoms with van der Waals surface area (Å²) in [5.41, 5.74) is 0.991. The van der Waals surface area contributed by atoms with Crippen LogP contribution in [-0.4, -0.2) is 60.9 Å². The Morgan fingerprint density at radius 3 is 2.94 bits per heavy atom. The molecule has 1 amide bonds. The number of pyridine rings is 1. The van der Waals surface area contributed by atoms with E-state index >= 15 is 0 Å². The average Bonchev–Trinajstić information content (AvgIpc) is 2.79. The van der Waals surface area contributed by atoms with Gasteiger partial charge in [-0.25, -0.2) is 4.98 Å². The molecule has 0 spiro atoms. The maximum absolute atomic E-state index is 12.4. The van der Waals surface area contributed by atoms with Crippen molar-refractivity contribution in [2.75, 3.05) is 39.0 Å². The van der Waals surface area contributed by atoms with Gasteiger partial charge in [-0.3, -0.25) is 9.69 Å². The van der Waals surface area contributed by atoms with E-state index in [1.54, 1.807) is 18.0 Å². The lowest BCUT2D eigenvalue weighted by atomic mass is 9.96. The third kappa shape index (κ3) is 6.14. The number of nitrogens with zero attached hydrogens (tertiary/aromatic N) is 2. The van der Waals surface area contributed by atoms with Gasteiger partial charge in [-0.15, -0.1) is 11.8 Å². The Labute approximate surface area is 196 Å². The molecule has 3 heterocycles. The summed E-state index contributed by atoms with van der Waals surface area (Å²) in [6, 6.07) is 9.72. The van der Waals surface area contributed by atoms with E-state index in [2.05, 4.69) is 31.1 Å². The summed E-state index contributed by atoms with van der Waals surface area (Å²) in [7, 11) is 0. The molecule has 1 aromatic carbocycles. The molecule has 31 heavy (non-hydrogen) atoms. The lowest BCUT2D eigenvalue weighted by molar-refractivity contribution is -0.120. The number of fused-ring (bicyclic) bond motifs is 1. The zero-order valence-electron chi connectivity index (χ0n) is 17.7. The van der Waals surface area contributed by atoms with Crippen LogP contribution < -0.4 is 14.8 Å². The smallest absolute Gasteiger partial charge is 0.224 e. The van der Waals surface area contributed by atoms with Crippen LogP contribution in [0.3, 0.4) is 0 Å². The fraction of sp³-hybridized carbons (Fsp3) is 0.478. The van der Waals surface area contributed by atoms with Crippen LogP contribution in [0.2, 0.25) is 0 Å². The second kappa shape index (κ2) is 10.7. The molecule has 0 unspecified atom stereocenters. The first-order chi connectivity index (χ1) is 15.1. The molecule has 1 saturated heterocycles. The van der Waals surface area contributed by atoms with Crippen molar-refractivity contribution < 1.29 is 14.3 Å². The zero-order chi connectivity index (χ0) is 21.6. The summed E-state index contributed by atoms with van der Waals surface area (Å²) in [6.07, 6.45) is 6.35. The maximum Gasteiger partial charge on any atom is 0.224 e. The van der Waals surface area contributed by atoms with Crippen LogP contribution in [0.15, 0.2) is 46.0 Å². The van der Waals surface area contributed by atoms with E-state index in [9.17, 15) is 4.79 Å². The summed E-state index contributed by atoms with van der Waals surface area (Å²) < 4.78 is 13.0. The Bertz CT molecular complexity index is 905. The number of ether oxygens (including phenoxy) is 2. The van der Waals surface area contributed by atoms with E-state index in [1.807, 2.05) is 36.6 Å². The van der Waals surface area contributed by atoms with Gasteiger partial charge in [0.15, 0.2) is 11.5 Å². The Morgan fingerprint density at radius 2 is 2.13 bits per heavy atom. The molecular formula is C23H28BrN3O3S. The standard InChI is InChI=1S/C23H28BrN3O3S/c1-31-23-17(3-2-8-25-23)11-22(28)26-13-16-6-9-27(10-7-16)14-19-15-29-20-5-4-18(24)12-21(20)30-19/h2-5,8,12,16,19H,6-7,9-11,13-15H2,1H3,(H,26,28)/t19-/m0/s1. The highest BCUT2D eigenvalue weighted by Gasteiger charge is 2.26. The van der Waals surface area contributed by atoms with Gasteiger partial charge in [-0.2, -0.15) is 0 Å². The lowest BCUT2D eigenvalue weighted by Gasteiger charge is -2.35. The molecule has 2 aliphatic heterocycles. The Hall–Kier alpha value is -1.77. The van der Waals surface area contributed by atoms with Crippen molar-refractivity contribution in [1.29, 1.82) is 0 Å². The summed E-state index contributed by atoms with van der Waals surface area (Å²) in [4.78, 5) is 19.2. The van der Waals surface area contributed by atoms with Gasteiger partial charge in [0.05, 0.1) is 11.4 Å². The van der Waals surface area contributed by atoms with Gasteiger partial charge in [0.2, 0.25) is 5.91 Å². The van der Waals surface area contributed by atoms with Crippen LogP contribution in [0.1, 0.15) is 18.4 Å². The highest BCUT2D eigenvalue weighted by molar-refractivity contribution is 9.10. The number of likely N-dealkylation sites (tertiary alicyclic amines) is 1. The van der Waals surface area contributed by atoms with Crippen molar-refractivity contribution in [3.63, 3.8) is 0 Å². The molecule has 1 atom stereocenters. The highest BCUT2D eigenvalue weighted by Crippen LogP contribution is 2.34. The van der Waals surface area contributed by atoms with Crippen LogP contribution >= 0.6 is 27.7 Å². The first kappa shape index (κ1) is 22.4. The van der Waals surface area contributed by atoms with Gasteiger partial charge in [-0.05, 0) is 67.9 Å². The Kier molecular flexibility index (Phi) is 7.74. The SMILES string of the molecule is CSc1ncccc1CC(=O)NCC1CCN(C[C@H]2COc3ccc(Br)cc3O2)CC1. The number of halogens is 1. The van der Waals surface area contributed by atoms with Crippen LogP contribution in [-0.2, 0) is 11.2 Å².